The van der Waals surface area contributed by atoms with Crippen LogP contribution in [0.25, 0.3) is 0 Å². The summed E-state index contributed by atoms with van der Waals surface area (Å²) >= 11 is 0. The van der Waals surface area contributed by atoms with Crippen molar-refractivity contribution in [3.05, 3.63) is 0 Å². The van der Waals surface area contributed by atoms with Gasteiger partial charge in [0, 0.05) is 0 Å². The largest absolute Gasteiger partial charge is 0.469 e. The van der Waals surface area contributed by atoms with Gasteiger partial charge in [-0.3, -0.25) is 4.79 Å². The molecule has 1 aliphatic carbocycles. The van der Waals surface area contributed by atoms with Gasteiger partial charge in [0.25, 0.3) is 0 Å². The molecule has 17 heavy (non-hydrogen) atoms. The normalized spacial score (nSPS) is 24.9. The third-order valence-corrected chi connectivity index (χ3v) is 5.41. The van der Waals surface area contributed by atoms with Gasteiger partial charge in [-0.05, 0) is 12.8 Å². The van der Waals surface area contributed by atoms with E-state index in [0.29, 0.717) is 12.8 Å². The fourth-order valence-corrected chi connectivity index (χ4v) is 4.13. The highest BCUT2D eigenvalue weighted by molar-refractivity contribution is 7.92. The Balaban J connectivity index is 2.68. The van der Waals surface area contributed by atoms with E-state index in [0.717, 1.165) is 12.8 Å². The average molecular weight is 259 g/mol. The van der Waals surface area contributed by atoms with Gasteiger partial charge in [0.1, 0.15) is 0 Å². The zero-order chi connectivity index (χ0) is 12.9. The molecular formula is C11H17NO4S. The lowest BCUT2D eigenvalue weighted by Crippen LogP contribution is -2.34. The molecule has 1 aliphatic rings. The summed E-state index contributed by atoms with van der Waals surface area (Å²) < 4.78 is 28.5. The number of nitriles is 1. The van der Waals surface area contributed by atoms with E-state index in [2.05, 4.69) is 10.8 Å². The summed E-state index contributed by atoms with van der Waals surface area (Å²) in [4.78, 5) is 10.9. The van der Waals surface area contributed by atoms with Crippen LogP contribution >= 0.6 is 0 Å². The van der Waals surface area contributed by atoms with Crippen LogP contribution in [-0.4, -0.2) is 32.5 Å². The van der Waals surface area contributed by atoms with Gasteiger partial charge in [-0.1, -0.05) is 12.8 Å². The van der Waals surface area contributed by atoms with Gasteiger partial charge >= 0.3 is 5.97 Å². The summed E-state index contributed by atoms with van der Waals surface area (Å²) in [5, 5.41) is 8.34. The maximum absolute atomic E-state index is 12.0. The van der Waals surface area contributed by atoms with Gasteiger partial charge in [0.2, 0.25) is 0 Å². The van der Waals surface area contributed by atoms with Gasteiger partial charge in [-0.2, -0.15) is 5.26 Å². The second kappa shape index (κ2) is 6.01. The standard InChI is InChI=1S/C11H17NO4S/c1-16-11(13)6-7-17(14,15)10-5-3-2-4-9(10)8-12/h9-10H,2-7H2,1H3. The number of hydrogen-bond acceptors (Lipinski definition) is 5. The van der Waals surface area contributed by atoms with Crippen molar-refractivity contribution in [2.75, 3.05) is 12.9 Å². The molecule has 0 saturated heterocycles. The van der Waals surface area contributed by atoms with Crippen molar-refractivity contribution in [3.63, 3.8) is 0 Å². The molecule has 0 amide bonds. The molecule has 0 aromatic heterocycles. The van der Waals surface area contributed by atoms with Gasteiger partial charge in [-0.15, -0.1) is 0 Å². The molecule has 0 heterocycles. The summed E-state index contributed by atoms with van der Waals surface area (Å²) in [6, 6.07) is 2.07. The molecule has 1 fully saturated rings. The third kappa shape index (κ3) is 3.70. The number of carbonyl (C=O) groups excluding carboxylic acids is 1. The molecule has 0 aromatic rings. The molecule has 1 saturated carbocycles. The fourth-order valence-electron chi connectivity index (χ4n) is 2.15. The van der Waals surface area contributed by atoms with Crippen LogP contribution in [0.1, 0.15) is 32.1 Å². The molecule has 2 atom stereocenters. The molecule has 5 nitrogen and oxygen atoms in total. The number of esters is 1. The summed E-state index contributed by atoms with van der Waals surface area (Å²) in [5.74, 6) is -1.17. The van der Waals surface area contributed by atoms with Gasteiger partial charge in [-0.25, -0.2) is 8.42 Å². The minimum Gasteiger partial charge on any atom is -0.469 e. The summed E-state index contributed by atoms with van der Waals surface area (Å²) in [6.45, 7) is 0. The highest BCUT2D eigenvalue weighted by atomic mass is 32.2. The molecule has 0 aromatic carbocycles. The molecule has 0 spiro atoms. The number of ether oxygens (including phenoxy) is 1. The summed E-state index contributed by atoms with van der Waals surface area (Å²) in [7, 11) is -2.14. The van der Waals surface area contributed by atoms with Crippen LogP contribution in [0.3, 0.4) is 0 Å². The van der Waals surface area contributed by atoms with Crippen LogP contribution in [0.4, 0.5) is 0 Å². The molecule has 2 unspecified atom stereocenters. The van der Waals surface area contributed by atoms with Gasteiger partial charge in [0.15, 0.2) is 9.84 Å². The maximum Gasteiger partial charge on any atom is 0.306 e. The SMILES string of the molecule is COC(=O)CCS(=O)(=O)C1CCCCC1C#N. The van der Waals surface area contributed by atoms with E-state index in [1.807, 2.05) is 0 Å². The molecule has 0 bridgehead atoms. The highest BCUT2D eigenvalue weighted by Crippen LogP contribution is 2.29. The van der Waals surface area contributed by atoms with Crippen LogP contribution < -0.4 is 0 Å². The number of methoxy groups -OCH3 is 1. The second-order valence-corrected chi connectivity index (χ2v) is 6.59. The van der Waals surface area contributed by atoms with Crippen molar-refractivity contribution >= 4 is 15.8 Å². The Hall–Kier alpha value is -1.09. The molecule has 1 rings (SSSR count). The van der Waals surface area contributed by atoms with E-state index in [4.69, 9.17) is 5.26 Å². The fraction of sp³-hybridized carbons (Fsp3) is 0.818. The monoisotopic (exact) mass is 259 g/mol. The molecule has 0 radical (unpaired) electrons. The molecule has 96 valence electrons. The first-order valence-electron chi connectivity index (χ1n) is 5.69. The van der Waals surface area contributed by atoms with E-state index in [9.17, 15) is 13.2 Å². The third-order valence-electron chi connectivity index (χ3n) is 3.15. The van der Waals surface area contributed by atoms with Crippen LogP contribution in [0.2, 0.25) is 0 Å². The van der Waals surface area contributed by atoms with E-state index >= 15 is 0 Å². The first kappa shape index (κ1) is 14.0. The Kier molecular flexibility index (Phi) is 4.94. The molecule has 0 aliphatic heterocycles. The van der Waals surface area contributed by atoms with Crippen molar-refractivity contribution in [2.45, 2.75) is 37.4 Å². The van der Waals surface area contributed by atoms with Crippen molar-refractivity contribution in [1.29, 1.82) is 5.26 Å². The zero-order valence-corrected chi connectivity index (χ0v) is 10.7. The first-order chi connectivity index (χ1) is 8.01. The molecular weight excluding hydrogens is 242 g/mol. The Morgan fingerprint density at radius 3 is 2.65 bits per heavy atom. The first-order valence-corrected chi connectivity index (χ1v) is 7.41. The number of nitrogens with zero attached hydrogens (tertiary/aromatic N) is 1. The minimum absolute atomic E-state index is 0.131. The van der Waals surface area contributed by atoms with Crippen LogP contribution in [0.5, 0.6) is 0 Å². The lowest BCUT2D eigenvalue weighted by molar-refractivity contribution is -0.140. The maximum atomic E-state index is 12.0. The van der Waals surface area contributed by atoms with Crippen molar-refractivity contribution < 1.29 is 17.9 Å². The van der Waals surface area contributed by atoms with Crippen molar-refractivity contribution in [1.82, 2.24) is 0 Å². The number of hydrogen-bond donors (Lipinski definition) is 0. The van der Waals surface area contributed by atoms with E-state index in [1.54, 1.807) is 0 Å². The van der Waals surface area contributed by atoms with Gasteiger partial charge < -0.3 is 4.74 Å². The van der Waals surface area contributed by atoms with Gasteiger partial charge in [0.05, 0.1) is 36.5 Å². The van der Waals surface area contributed by atoms with Crippen LogP contribution in [0.15, 0.2) is 0 Å². The predicted molar refractivity (Wildman–Crippen MR) is 61.8 cm³/mol. The Bertz CT molecular complexity index is 410. The van der Waals surface area contributed by atoms with Crippen molar-refractivity contribution in [3.8, 4) is 6.07 Å². The number of rotatable bonds is 4. The lowest BCUT2D eigenvalue weighted by atomic mass is 9.90. The van der Waals surface area contributed by atoms with E-state index in [1.165, 1.54) is 7.11 Å². The zero-order valence-electron chi connectivity index (χ0n) is 9.89. The minimum atomic E-state index is -3.37. The van der Waals surface area contributed by atoms with E-state index in [-0.39, 0.29) is 12.2 Å². The Labute approximate surface area is 102 Å². The Morgan fingerprint density at radius 2 is 2.06 bits per heavy atom. The smallest absolute Gasteiger partial charge is 0.306 e. The summed E-state index contributed by atoms with van der Waals surface area (Å²) in [5.41, 5.74) is 0. The highest BCUT2D eigenvalue weighted by Gasteiger charge is 2.35. The van der Waals surface area contributed by atoms with E-state index < -0.39 is 27.0 Å². The van der Waals surface area contributed by atoms with Crippen LogP contribution in [-0.2, 0) is 19.4 Å². The van der Waals surface area contributed by atoms with Crippen LogP contribution in [0, 0.1) is 17.2 Å². The number of sulfone groups is 1. The molecule has 0 N–H and O–H groups in total. The molecule has 6 heteroatoms. The van der Waals surface area contributed by atoms with Crippen molar-refractivity contribution in [2.24, 2.45) is 5.92 Å². The number of carbonyl (C=O) groups is 1. The lowest BCUT2D eigenvalue weighted by Gasteiger charge is -2.26. The second-order valence-electron chi connectivity index (χ2n) is 4.25. The predicted octanol–water partition coefficient (Wildman–Crippen LogP) is 1.05. The summed E-state index contributed by atoms with van der Waals surface area (Å²) in [6.07, 6.45) is 2.77. The Morgan fingerprint density at radius 1 is 1.41 bits per heavy atom. The topological polar surface area (TPSA) is 84.2 Å². The average Bonchev–Trinajstić information content (AvgIpc) is 2.35. The quantitative estimate of drug-likeness (QED) is 0.704.